The molecule has 186 valence electrons. The lowest BCUT2D eigenvalue weighted by molar-refractivity contribution is -0.206. The van der Waals surface area contributed by atoms with Gasteiger partial charge in [-0.2, -0.15) is 13.2 Å². The quantitative estimate of drug-likeness (QED) is 0.213. The van der Waals surface area contributed by atoms with Crippen LogP contribution >= 0.6 is 0 Å². The molecule has 0 radical (unpaired) electrons. The van der Waals surface area contributed by atoms with Crippen molar-refractivity contribution in [2.75, 3.05) is 6.61 Å². The molecule has 34 heavy (non-hydrogen) atoms. The number of hydrogen-bond donors (Lipinski definition) is 0. The number of rotatable bonds is 14. The van der Waals surface area contributed by atoms with Gasteiger partial charge in [-0.3, -0.25) is 4.79 Å². The fourth-order valence-electron chi connectivity index (χ4n) is 3.30. The molecule has 1 atom stereocenters. The monoisotopic (exact) mass is 478 g/mol. The number of alkyl halides is 3. The molecule has 1 unspecified atom stereocenters. The largest absolute Gasteiger partial charge is 0.490 e. The second-order valence-corrected chi connectivity index (χ2v) is 8.12. The predicted octanol–water partition coefficient (Wildman–Crippen LogP) is 7.17. The second kappa shape index (κ2) is 14.4. The Kier molecular flexibility index (Phi) is 11.6. The highest BCUT2D eigenvalue weighted by molar-refractivity contribution is 5.67. The number of benzene rings is 1. The van der Waals surface area contributed by atoms with Crippen LogP contribution in [0.4, 0.5) is 13.2 Å². The van der Waals surface area contributed by atoms with Crippen LogP contribution in [0.15, 0.2) is 42.7 Å². The molecule has 1 aromatic carbocycles. The van der Waals surface area contributed by atoms with Crippen LogP contribution in [0.1, 0.15) is 70.8 Å². The van der Waals surface area contributed by atoms with Crippen molar-refractivity contribution in [2.24, 2.45) is 0 Å². The lowest BCUT2D eigenvalue weighted by Crippen LogP contribution is -2.31. The Bertz CT molecular complexity index is 882. The third-order valence-electron chi connectivity index (χ3n) is 5.14. The molecule has 0 saturated carbocycles. The van der Waals surface area contributed by atoms with Crippen LogP contribution in [0.3, 0.4) is 0 Å². The highest BCUT2D eigenvalue weighted by Crippen LogP contribution is 2.25. The van der Waals surface area contributed by atoms with Crippen LogP contribution in [-0.4, -0.2) is 34.8 Å². The summed E-state index contributed by atoms with van der Waals surface area (Å²) < 4.78 is 48.8. The van der Waals surface area contributed by atoms with Crippen LogP contribution in [0.25, 0.3) is 17.5 Å². The summed E-state index contributed by atoms with van der Waals surface area (Å²) in [4.78, 5) is 19.5. The first kappa shape index (κ1) is 27.3. The molecule has 0 saturated heterocycles. The maximum atomic E-state index is 12.9. The Balaban J connectivity index is 1.81. The first-order valence-corrected chi connectivity index (χ1v) is 11.8. The topological polar surface area (TPSA) is 61.3 Å². The molecule has 1 heterocycles. The summed E-state index contributed by atoms with van der Waals surface area (Å²) >= 11 is 0. The van der Waals surface area contributed by atoms with Crippen molar-refractivity contribution in [3.63, 3.8) is 0 Å². The normalized spacial score (nSPS) is 12.6. The molecule has 0 aliphatic rings. The van der Waals surface area contributed by atoms with Crippen LogP contribution in [0.2, 0.25) is 0 Å². The molecular weight excluding hydrogens is 445 g/mol. The predicted molar refractivity (Wildman–Crippen MR) is 126 cm³/mol. The molecule has 0 spiro atoms. The van der Waals surface area contributed by atoms with Crippen LogP contribution in [0, 0.1) is 0 Å². The van der Waals surface area contributed by atoms with Crippen LogP contribution in [0.5, 0.6) is 5.75 Å². The summed E-state index contributed by atoms with van der Waals surface area (Å²) in [6.45, 7) is 3.79. The van der Waals surface area contributed by atoms with Gasteiger partial charge < -0.3 is 9.47 Å². The third-order valence-corrected chi connectivity index (χ3v) is 5.14. The number of halogens is 3. The van der Waals surface area contributed by atoms with E-state index in [0.717, 1.165) is 31.4 Å². The van der Waals surface area contributed by atoms with E-state index >= 15 is 0 Å². The molecule has 0 amide bonds. The zero-order chi connectivity index (χ0) is 24.8. The molecule has 0 bridgehead atoms. The lowest BCUT2D eigenvalue weighted by Gasteiger charge is -2.16. The van der Waals surface area contributed by atoms with Crippen molar-refractivity contribution >= 4 is 12.0 Å². The van der Waals surface area contributed by atoms with Gasteiger partial charge in [0.1, 0.15) is 0 Å². The van der Waals surface area contributed by atoms with Gasteiger partial charge in [0.15, 0.2) is 11.6 Å². The number of ether oxygens (including phenoxy) is 2. The number of esters is 1. The summed E-state index contributed by atoms with van der Waals surface area (Å²) in [5, 5.41) is 0. The molecular formula is C26H33F3N2O3. The summed E-state index contributed by atoms with van der Waals surface area (Å²) in [5.41, 5.74) is 1.24. The Hall–Kier alpha value is -2.90. The number of unbranched alkanes of at least 4 members (excludes halogenated alkanes) is 7. The second-order valence-electron chi connectivity index (χ2n) is 8.12. The zero-order valence-corrected chi connectivity index (χ0v) is 19.8. The number of carbonyl (C=O) groups is 1. The maximum absolute atomic E-state index is 12.9. The van der Waals surface area contributed by atoms with Crippen molar-refractivity contribution in [3.8, 4) is 17.1 Å². The van der Waals surface area contributed by atoms with E-state index in [1.165, 1.54) is 44.6 Å². The number of nitrogens with zero attached hydrogens (tertiary/aromatic N) is 2. The minimum Gasteiger partial charge on any atom is -0.490 e. The van der Waals surface area contributed by atoms with Crippen molar-refractivity contribution in [1.82, 2.24) is 9.97 Å². The molecule has 8 heteroatoms. The summed E-state index contributed by atoms with van der Waals surface area (Å²) in [7, 11) is 0. The Morgan fingerprint density at radius 2 is 1.56 bits per heavy atom. The Morgan fingerprint density at radius 1 is 0.971 bits per heavy atom. The average molecular weight is 479 g/mol. The van der Waals surface area contributed by atoms with Crippen molar-refractivity contribution in [2.45, 2.75) is 77.5 Å². The van der Waals surface area contributed by atoms with E-state index in [-0.39, 0.29) is 0 Å². The molecule has 0 N–H and O–H groups in total. The molecule has 0 aliphatic heterocycles. The zero-order valence-electron chi connectivity index (χ0n) is 19.8. The van der Waals surface area contributed by atoms with Crippen LogP contribution in [-0.2, 0) is 9.53 Å². The third kappa shape index (κ3) is 10.4. The van der Waals surface area contributed by atoms with E-state index in [1.807, 2.05) is 0 Å². The average Bonchev–Trinajstić information content (AvgIpc) is 2.80. The maximum Gasteiger partial charge on any atom is 0.429 e. The van der Waals surface area contributed by atoms with Gasteiger partial charge in [0, 0.05) is 12.5 Å². The molecule has 2 aromatic rings. The summed E-state index contributed by atoms with van der Waals surface area (Å²) in [6.07, 6.45) is 8.22. The minimum absolute atomic E-state index is 0.489. The van der Waals surface area contributed by atoms with E-state index < -0.39 is 18.2 Å². The van der Waals surface area contributed by atoms with Crippen molar-refractivity contribution in [3.05, 3.63) is 48.3 Å². The lowest BCUT2D eigenvalue weighted by atomic mass is 10.1. The first-order chi connectivity index (χ1) is 16.3. The van der Waals surface area contributed by atoms with Crippen molar-refractivity contribution in [1.29, 1.82) is 0 Å². The van der Waals surface area contributed by atoms with E-state index in [0.29, 0.717) is 23.7 Å². The molecule has 0 fully saturated rings. The van der Waals surface area contributed by atoms with Gasteiger partial charge in [-0.1, -0.05) is 82.2 Å². The van der Waals surface area contributed by atoms with E-state index in [1.54, 1.807) is 36.7 Å². The molecule has 5 nitrogen and oxygen atoms in total. The van der Waals surface area contributed by atoms with Gasteiger partial charge in [0.2, 0.25) is 6.10 Å². The summed E-state index contributed by atoms with van der Waals surface area (Å²) in [6, 6.07) is 6.71. The van der Waals surface area contributed by atoms with Crippen molar-refractivity contribution < 1.29 is 27.4 Å². The minimum atomic E-state index is -4.67. The van der Waals surface area contributed by atoms with Gasteiger partial charge in [0.05, 0.1) is 19.0 Å². The summed E-state index contributed by atoms with van der Waals surface area (Å²) in [5.74, 6) is 0.0997. The number of aromatic nitrogens is 2. The number of carbonyl (C=O) groups excluding carboxylic acids is 1. The smallest absolute Gasteiger partial charge is 0.429 e. The van der Waals surface area contributed by atoms with E-state index in [2.05, 4.69) is 21.6 Å². The van der Waals surface area contributed by atoms with E-state index in [9.17, 15) is 18.0 Å². The first-order valence-electron chi connectivity index (χ1n) is 11.8. The number of hydrogen-bond acceptors (Lipinski definition) is 5. The fraction of sp³-hybridized carbons (Fsp3) is 0.500. The SMILES string of the molecule is CCCCCCCCCCOc1cnc(-c2ccc(C=CC(OC(C)=O)C(F)(F)F)cc2)nc1. The van der Waals surface area contributed by atoms with E-state index in [4.69, 9.17) is 4.74 Å². The van der Waals surface area contributed by atoms with Gasteiger partial charge in [-0.05, 0) is 18.1 Å². The van der Waals surface area contributed by atoms with Gasteiger partial charge >= 0.3 is 12.1 Å². The highest BCUT2D eigenvalue weighted by atomic mass is 19.4. The van der Waals surface area contributed by atoms with Gasteiger partial charge in [0.25, 0.3) is 0 Å². The van der Waals surface area contributed by atoms with Gasteiger partial charge in [-0.25, -0.2) is 9.97 Å². The molecule has 2 rings (SSSR count). The van der Waals surface area contributed by atoms with Gasteiger partial charge in [-0.15, -0.1) is 0 Å². The Morgan fingerprint density at radius 3 is 2.12 bits per heavy atom. The molecule has 1 aromatic heterocycles. The fourth-order valence-corrected chi connectivity index (χ4v) is 3.30. The highest BCUT2D eigenvalue weighted by Gasteiger charge is 2.40. The van der Waals surface area contributed by atoms with Crippen LogP contribution < -0.4 is 4.74 Å². The molecule has 0 aliphatic carbocycles. The Labute approximate surface area is 199 Å². The standard InChI is InChI=1S/C26H33F3N2O3/c1-3-4-5-6-7-8-9-10-17-33-23-18-30-25(31-19-23)22-14-11-21(12-15-22)13-16-24(26(27,28)29)34-20(2)32/h11-16,18-19,24H,3-10,17H2,1-2H3.